The number of pyridine rings is 1. The summed E-state index contributed by atoms with van der Waals surface area (Å²) in [4.78, 5) is 26.5. The number of fused-ring (bicyclic) bond motifs is 1. The van der Waals surface area contributed by atoms with Gasteiger partial charge in [-0.25, -0.2) is 19.2 Å². The van der Waals surface area contributed by atoms with E-state index >= 15 is 0 Å². The Morgan fingerprint density at radius 1 is 1.31 bits per heavy atom. The Hall–Kier alpha value is -4.27. The second kappa shape index (κ2) is 11.2. The number of carboxylic acids is 1. The van der Waals surface area contributed by atoms with Crippen molar-refractivity contribution in [1.82, 2.24) is 24.4 Å². The molecule has 6 rings (SSSR count). The summed E-state index contributed by atoms with van der Waals surface area (Å²) in [5, 5.41) is 18.4. The summed E-state index contributed by atoms with van der Waals surface area (Å²) in [7, 11) is 0. The van der Waals surface area contributed by atoms with Gasteiger partial charge in [-0.05, 0) is 49.6 Å². The molecule has 0 aliphatic carbocycles. The van der Waals surface area contributed by atoms with E-state index in [9.17, 15) is 14.3 Å². The fourth-order valence-electron chi connectivity index (χ4n) is 5.86. The van der Waals surface area contributed by atoms with Gasteiger partial charge < -0.3 is 24.1 Å². The third-order valence-electron chi connectivity index (χ3n) is 8.82. The van der Waals surface area contributed by atoms with Crippen molar-refractivity contribution in [3.8, 4) is 11.9 Å². The van der Waals surface area contributed by atoms with Crippen LogP contribution in [-0.2, 0) is 29.8 Å². The first-order valence-electron chi connectivity index (χ1n) is 14.2. The van der Waals surface area contributed by atoms with Gasteiger partial charge in [0, 0.05) is 30.2 Å². The van der Waals surface area contributed by atoms with E-state index in [1.807, 2.05) is 18.2 Å². The van der Waals surface area contributed by atoms with Crippen LogP contribution in [0.2, 0.25) is 0 Å². The summed E-state index contributed by atoms with van der Waals surface area (Å²) in [5.74, 6) is 0.117. The summed E-state index contributed by atoms with van der Waals surface area (Å²) in [6, 6.07) is 13.6. The number of imidazole rings is 1. The minimum atomic E-state index is -1.00. The van der Waals surface area contributed by atoms with E-state index in [4.69, 9.17) is 24.7 Å². The summed E-state index contributed by atoms with van der Waals surface area (Å²) in [5.41, 5.74) is 2.88. The van der Waals surface area contributed by atoms with Crippen LogP contribution in [0.5, 0.6) is 5.88 Å². The molecule has 2 aliphatic rings. The van der Waals surface area contributed by atoms with E-state index < -0.39 is 11.8 Å². The van der Waals surface area contributed by atoms with Crippen LogP contribution in [0.25, 0.3) is 11.2 Å². The Morgan fingerprint density at radius 2 is 2.14 bits per heavy atom. The summed E-state index contributed by atoms with van der Waals surface area (Å²) in [6.07, 6.45) is 1.96. The molecule has 3 atom stereocenters. The highest BCUT2D eigenvalue weighted by atomic mass is 19.1. The van der Waals surface area contributed by atoms with Gasteiger partial charge in [-0.15, -0.1) is 0 Å². The lowest BCUT2D eigenvalue weighted by Gasteiger charge is -2.44. The van der Waals surface area contributed by atoms with Gasteiger partial charge in [0.2, 0.25) is 5.88 Å². The molecule has 2 saturated heterocycles. The molecule has 5 heterocycles. The number of hydrogen-bond acceptors (Lipinski definition) is 7. The first kappa shape index (κ1) is 27.9. The monoisotopic (exact) mass is 572 g/mol. The molecule has 2 N–H and O–H groups in total. The molecule has 10 nitrogen and oxygen atoms in total. The first-order chi connectivity index (χ1) is 20.2. The Kier molecular flexibility index (Phi) is 7.43. The van der Waals surface area contributed by atoms with Crippen molar-refractivity contribution in [3.05, 3.63) is 76.6 Å². The maximum Gasteiger partial charge on any atom is 0.352 e. The van der Waals surface area contributed by atoms with Crippen LogP contribution in [0.15, 0.2) is 42.5 Å². The summed E-state index contributed by atoms with van der Waals surface area (Å²) < 4.78 is 27.9. The van der Waals surface area contributed by atoms with E-state index in [1.54, 1.807) is 24.3 Å². The number of rotatable bonds is 9. The van der Waals surface area contributed by atoms with Crippen LogP contribution in [-0.4, -0.2) is 61.3 Å². The minimum absolute atomic E-state index is 0.0224. The Labute approximate surface area is 242 Å². The van der Waals surface area contributed by atoms with Gasteiger partial charge in [-0.2, -0.15) is 5.26 Å². The molecular formula is C31H33FN6O4. The molecule has 0 bridgehead atoms. The van der Waals surface area contributed by atoms with Crippen molar-refractivity contribution in [2.45, 2.75) is 57.9 Å². The quantitative estimate of drug-likeness (QED) is 0.297. The maximum atomic E-state index is 14.3. The molecule has 0 radical (unpaired) electrons. The zero-order chi connectivity index (χ0) is 29.4. The smallest absolute Gasteiger partial charge is 0.352 e. The van der Waals surface area contributed by atoms with Crippen molar-refractivity contribution >= 4 is 17.1 Å². The molecule has 0 amide bonds. The van der Waals surface area contributed by atoms with Crippen molar-refractivity contribution < 1.29 is 23.8 Å². The average Bonchev–Trinajstić information content (AvgIpc) is 3.50. The highest BCUT2D eigenvalue weighted by Gasteiger charge is 2.40. The third kappa shape index (κ3) is 5.35. The predicted octanol–water partition coefficient (Wildman–Crippen LogP) is 4.64. The van der Waals surface area contributed by atoms with Crippen LogP contribution in [0.3, 0.4) is 0 Å². The SMILES string of the molecule is CC1CN(Cc2nc3cc(C(=O)O)[nH]c3n2CC2CCO2)CCC1(C)c1cccc(OCc2ccc(C#N)cc2F)n1. The number of H-pyrrole nitrogens is 1. The minimum Gasteiger partial charge on any atom is -0.477 e. The Morgan fingerprint density at radius 3 is 2.83 bits per heavy atom. The molecule has 0 saturated carbocycles. The molecule has 42 heavy (non-hydrogen) atoms. The number of nitrogens with one attached hydrogen (secondary N) is 1. The van der Waals surface area contributed by atoms with E-state index in [0.29, 0.717) is 30.0 Å². The number of nitrogens with zero attached hydrogens (tertiary/aromatic N) is 5. The average molecular weight is 573 g/mol. The fraction of sp³-hybridized carbons (Fsp3) is 0.419. The van der Waals surface area contributed by atoms with E-state index in [1.165, 1.54) is 6.07 Å². The highest BCUT2D eigenvalue weighted by Crippen LogP contribution is 2.39. The topological polar surface area (TPSA) is 129 Å². The number of hydrogen-bond donors (Lipinski definition) is 2. The van der Waals surface area contributed by atoms with E-state index in [2.05, 4.69) is 28.3 Å². The van der Waals surface area contributed by atoms with E-state index in [0.717, 1.165) is 49.7 Å². The van der Waals surface area contributed by atoms with Crippen molar-refractivity contribution in [1.29, 1.82) is 5.26 Å². The van der Waals surface area contributed by atoms with Crippen LogP contribution >= 0.6 is 0 Å². The lowest BCUT2D eigenvalue weighted by molar-refractivity contribution is -0.0593. The summed E-state index contributed by atoms with van der Waals surface area (Å²) in [6.45, 7) is 8.18. The number of carboxylic acid groups (broad SMARTS) is 1. The van der Waals surface area contributed by atoms with Gasteiger partial charge >= 0.3 is 5.97 Å². The van der Waals surface area contributed by atoms with Crippen LogP contribution in [0.1, 0.15) is 59.8 Å². The van der Waals surface area contributed by atoms with E-state index in [-0.39, 0.29) is 35.3 Å². The molecular weight excluding hydrogens is 539 g/mol. The standard InChI is InChI=1S/C31H33FN6O4/c1-19-15-37(17-27-34-24-13-25(30(39)40)35-29(24)38(27)16-22-8-11-41-22)10-9-31(19,2)26-4-3-5-28(36-26)42-18-21-7-6-20(14-33)12-23(21)32/h3-7,12-13,19,22,35H,8-11,15-18H2,1-2H3,(H,39,40). The number of aromatic carboxylic acids is 1. The number of nitriles is 1. The second-order valence-electron chi connectivity index (χ2n) is 11.5. The zero-order valence-electron chi connectivity index (χ0n) is 23.6. The number of halogens is 1. The number of aromatic nitrogens is 4. The highest BCUT2D eigenvalue weighted by molar-refractivity contribution is 5.91. The van der Waals surface area contributed by atoms with Gasteiger partial charge in [0.05, 0.1) is 36.5 Å². The molecule has 11 heteroatoms. The molecule has 4 aromatic rings. The van der Waals surface area contributed by atoms with Gasteiger partial charge in [0.25, 0.3) is 0 Å². The molecule has 3 aromatic heterocycles. The Balaban J connectivity index is 1.14. The predicted molar refractivity (Wildman–Crippen MR) is 151 cm³/mol. The van der Waals surface area contributed by atoms with Gasteiger partial charge in [0.1, 0.15) is 35.1 Å². The molecule has 1 aromatic carbocycles. The Bertz CT molecular complexity index is 1670. The third-order valence-corrected chi connectivity index (χ3v) is 8.82. The normalized spacial score (nSPS) is 22.5. The zero-order valence-corrected chi connectivity index (χ0v) is 23.6. The maximum absolute atomic E-state index is 14.3. The number of likely N-dealkylation sites (tertiary alicyclic amines) is 1. The molecule has 2 fully saturated rings. The summed E-state index contributed by atoms with van der Waals surface area (Å²) >= 11 is 0. The fourth-order valence-corrected chi connectivity index (χ4v) is 5.86. The molecule has 218 valence electrons. The lowest BCUT2D eigenvalue weighted by atomic mass is 9.70. The van der Waals surface area contributed by atoms with Gasteiger partial charge in [-0.1, -0.05) is 26.0 Å². The van der Waals surface area contributed by atoms with Crippen LogP contribution < -0.4 is 4.74 Å². The van der Waals surface area contributed by atoms with Crippen LogP contribution in [0.4, 0.5) is 4.39 Å². The number of ether oxygens (including phenoxy) is 2. The first-order valence-corrected chi connectivity index (χ1v) is 14.2. The number of piperidine rings is 1. The molecule has 3 unspecified atom stereocenters. The molecule has 0 spiro atoms. The van der Waals surface area contributed by atoms with Crippen molar-refractivity contribution in [2.24, 2.45) is 5.92 Å². The number of aromatic amines is 1. The number of benzene rings is 1. The second-order valence-corrected chi connectivity index (χ2v) is 11.5. The van der Waals surface area contributed by atoms with Crippen molar-refractivity contribution in [3.63, 3.8) is 0 Å². The van der Waals surface area contributed by atoms with Crippen molar-refractivity contribution in [2.75, 3.05) is 19.7 Å². The van der Waals surface area contributed by atoms with Gasteiger partial charge in [0.15, 0.2) is 0 Å². The van der Waals surface area contributed by atoms with Crippen LogP contribution in [0, 0.1) is 23.1 Å². The lowest BCUT2D eigenvalue weighted by Crippen LogP contribution is -2.47. The number of carbonyl (C=O) groups is 1. The largest absolute Gasteiger partial charge is 0.477 e. The molecule has 2 aliphatic heterocycles. The van der Waals surface area contributed by atoms with Gasteiger partial charge in [-0.3, -0.25) is 4.90 Å².